The van der Waals surface area contributed by atoms with Crippen LogP contribution in [0.2, 0.25) is 0 Å². The quantitative estimate of drug-likeness (QED) is 0.778. The Kier molecular flexibility index (Phi) is 4.72. The second-order valence-corrected chi connectivity index (χ2v) is 5.01. The van der Waals surface area contributed by atoms with Crippen molar-refractivity contribution in [2.75, 3.05) is 6.61 Å². The minimum Gasteiger partial charge on any atom is -0.474 e. The van der Waals surface area contributed by atoms with E-state index < -0.39 is 14.4 Å². The van der Waals surface area contributed by atoms with Crippen LogP contribution in [-0.2, 0) is 9.09 Å². The summed E-state index contributed by atoms with van der Waals surface area (Å²) in [5, 5.41) is 9.21. The molecule has 0 aromatic carbocycles. The zero-order valence-corrected chi connectivity index (χ0v) is 10.7. The Morgan fingerprint density at radius 1 is 1.44 bits per heavy atom. The van der Waals surface area contributed by atoms with Crippen molar-refractivity contribution in [3.05, 3.63) is 24.4 Å². The van der Waals surface area contributed by atoms with E-state index in [0.717, 1.165) is 0 Å². The molecule has 1 aliphatic carbocycles. The molecule has 1 saturated carbocycles. The minimum atomic E-state index is -2.99. The SMILES string of the molecule is O=[PH](O)O[C@H]1C[C@H](Oc2ccccn2)C[C@@H]1CO. The molecule has 18 heavy (non-hydrogen) atoms. The molecule has 1 aromatic rings. The third-order valence-corrected chi connectivity index (χ3v) is 3.50. The molecule has 1 aliphatic rings. The van der Waals surface area contributed by atoms with E-state index in [1.54, 1.807) is 18.3 Å². The molecule has 6 nitrogen and oxygen atoms in total. The average Bonchev–Trinajstić information content (AvgIpc) is 2.71. The van der Waals surface area contributed by atoms with Crippen LogP contribution in [0, 0.1) is 5.92 Å². The molecule has 1 fully saturated rings. The van der Waals surface area contributed by atoms with Gasteiger partial charge in [-0.1, -0.05) is 6.07 Å². The molecule has 2 rings (SSSR count). The Morgan fingerprint density at radius 3 is 2.89 bits per heavy atom. The fraction of sp³-hybridized carbons (Fsp3) is 0.545. The molecule has 0 amide bonds. The number of nitrogens with zero attached hydrogens (tertiary/aromatic N) is 1. The molecule has 0 radical (unpaired) electrons. The first-order valence-corrected chi connectivity index (χ1v) is 7.03. The van der Waals surface area contributed by atoms with Gasteiger partial charge in [-0.25, -0.2) is 4.98 Å². The van der Waals surface area contributed by atoms with Gasteiger partial charge in [0.25, 0.3) is 0 Å². The summed E-state index contributed by atoms with van der Waals surface area (Å²) in [5.74, 6) is 0.344. The highest BCUT2D eigenvalue weighted by atomic mass is 31.1. The maximum atomic E-state index is 10.7. The van der Waals surface area contributed by atoms with Gasteiger partial charge in [0.2, 0.25) is 5.88 Å². The summed E-state index contributed by atoms with van der Waals surface area (Å²) in [5.41, 5.74) is 0. The second-order valence-electron chi connectivity index (χ2n) is 4.24. The van der Waals surface area contributed by atoms with Gasteiger partial charge in [0, 0.05) is 31.2 Å². The first-order valence-electron chi connectivity index (χ1n) is 5.77. The summed E-state index contributed by atoms with van der Waals surface area (Å²) in [4.78, 5) is 12.8. The largest absolute Gasteiger partial charge is 0.474 e. The van der Waals surface area contributed by atoms with Crippen molar-refractivity contribution < 1.29 is 23.8 Å². The number of rotatable bonds is 5. The van der Waals surface area contributed by atoms with Crippen molar-refractivity contribution in [1.29, 1.82) is 0 Å². The molecule has 0 saturated heterocycles. The van der Waals surface area contributed by atoms with Crippen LogP contribution in [0.25, 0.3) is 0 Å². The van der Waals surface area contributed by atoms with Crippen LogP contribution in [0.1, 0.15) is 12.8 Å². The van der Waals surface area contributed by atoms with Gasteiger partial charge in [-0.3, -0.25) is 4.57 Å². The Morgan fingerprint density at radius 2 is 2.28 bits per heavy atom. The normalized spacial score (nSPS) is 29.1. The van der Waals surface area contributed by atoms with Crippen molar-refractivity contribution in [3.8, 4) is 5.88 Å². The van der Waals surface area contributed by atoms with Crippen LogP contribution in [0.15, 0.2) is 24.4 Å². The van der Waals surface area contributed by atoms with Gasteiger partial charge in [-0.2, -0.15) is 0 Å². The zero-order chi connectivity index (χ0) is 13.0. The second kappa shape index (κ2) is 6.29. The lowest BCUT2D eigenvalue weighted by molar-refractivity contribution is 0.105. The smallest absolute Gasteiger partial charge is 0.316 e. The van der Waals surface area contributed by atoms with E-state index in [-0.39, 0.29) is 18.6 Å². The molecular weight excluding hydrogens is 257 g/mol. The lowest BCUT2D eigenvalue weighted by Gasteiger charge is -2.14. The summed E-state index contributed by atoms with van der Waals surface area (Å²) in [6.07, 6.45) is 2.13. The summed E-state index contributed by atoms with van der Waals surface area (Å²) < 4.78 is 21.3. The van der Waals surface area contributed by atoms with E-state index in [9.17, 15) is 9.67 Å². The van der Waals surface area contributed by atoms with Crippen LogP contribution < -0.4 is 4.74 Å². The molecule has 4 atom stereocenters. The highest BCUT2D eigenvalue weighted by molar-refractivity contribution is 7.32. The number of aliphatic hydroxyl groups excluding tert-OH is 1. The van der Waals surface area contributed by atoms with Crippen LogP contribution in [-0.4, -0.2) is 33.8 Å². The summed E-state index contributed by atoms with van der Waals surface area (Å²) in [6, 6.07) is 5.36. The number of ether oxygens (including phenoxy) is 1. The first-order chi connectivity index (χ1) is 8.69. The molecular formula is C11H16NO5P. The maximum Gasteiger partial charge on any atom is 0.316 e. The number of aromatic nitrogens is 1. The highest BCUT2D eigenvalue weighted by Gasteiger charge is 2.37. The number of pyridine rings is 1. The van der Waals surface area contributed by atoms with Gasteiger partial charge in [-0.05, 0) is 12.5 Å². The van der Waals surface area contributed by atoms with Crippen LogP contribution in [0.3, 0.4) is 0 Å². The van der Waals surface area contributed by atoms with Gasteiger partial charge in [-0.15, -0.1) is 0 Å². The van der Waals surface area contributed by atoms with Crippen LogP contribution >= 0.6 is 8.25 Å². The Hall–Kier alpha value is -0.940. The van der Waals surface area contributed by atoms with Gasteiger partial charge < -0.3 is 19.3 Å². The molecule has 0 aliphatic heterocycles. The third kappa shape index (κ3) is 3.53. The van der Waals surface area contributed by atoms with E-state index in [2.05, 4.69) is 4.98 Å². The fourth-order valence-corrected chi connectivity index (χ4v) is 2.73. The fourth-order valence-electron chi connectivity index (χ4n) is 2.19. The summed E-state index contributed by atoms with van der Waals surface area (Å²) >= 11 is 0. The predicted molar refractivity (Wildman–Crippen MR) is 64.6 cm³/mol. The Balaban J connectivity index is 1.94. The van der Waals surface area contributed by atoms with E-state index in [1.807, 2.05) is 6.07 Å². The van der Waals surface area contributed by atoms with E-state index in [4.69, 9.17) is 14.2 Å². The molecule has 0 spiro atoms. The van der Waals surface area contributed by atoms with Gasteiger partial charge in [0.1, 0.15) is 6.10 Å². The summed E-state index contributed by atoms with van der Waals surface area (Å²) in [7, 11) is -2.99. The van der Waals surface area contributed by atoms with Gasteiger partial charge in [0.05, 0.1) is 6.10 Å². The highest BCUT2D eigenvalue weighted by Crippen LogP contribution is 2.35. The van der Waals surface area contributed by atoms with Crippen molar-refractivity contribution in [3.63, 3.8) is 0 Å². The van der Waals surface area contributed by atoms with Gasteiger partial charge >= 0.3 is 8.25 Å². The maximum absolute atomic E-state index is 10.7. The van der Waals surface area contributed by atoms with E-state index in [1.165, 1.54) is 0 Å². The Bertz CT molecular complexity index is 402. The van der Waals surface area contributed by atoms with Crippen molar-refractivity contribution >= 4 is 8.25 Å². The zero-order valence-electron chi connectivity index (χ0n) is 9.73. The monoisotopic (exact) mass is 273 g/mol. The van der Waals surface area contributed by atoms with Crippen molar-refractivity contribution in [1.82, 2.24) is 4.98 Å². The number of hydrogen-bond donors (Lipinski definition) is 2. The molecule has 2 N–H and O–H groups in total. The lowest BCUT2D eigenvalue weighted by atomic mass is 10.1. The molecule has 100 valence electrons. The first kappa shape index (κ1) is 13.5. The lowest BCUT2D eigenvalue weighted by Crippen LogP contribution is -2.18. The Labute approximate surface area is 106 Å². The predicted octanol–water partition coefficient (Wildman–Crippen LogP) is 0.998. The molecule has 1 heterocycles. The van der Waals surface area contributed by atoms with E-state index in [0.29, 0.717) is 18.7 Å². The third-order valence-electron chi connectivity index (χ3n) is 3.00. The van der Waals surface area contributed by atoms with Gasteiger partial charge in [0.15, 0.2) is 0 Å². The number of hydrogen-bond acceptors (Lipinski definition) is 5. The van der Waals surface area contributed by atoms with Crippen molar-refractivity contribution in [2.45, 2.75) is 25.0 Å². The molecule has 1 aromatic heterocycles. The van der Waals surface area contributed by atoms with E-state index >= 15 is 0 Å². The van der Waals surface area contributed by atoms with Crippen LogP contribution in [0.4, 0.5) is 0 Å². The standard InChI is InChI=1S/C11H16NO5P/c13-7-8-5-9(6-10(8)17-18(14)15)16-11-3-1-2-4-12-11/h1-4,8-10,13,18H,5-7H2,(H,14,15)/t8-,9-,10+/m1/s1. The molecule has 7 heteroatoms. The molecule has 1 unspecified atom stereocenters. The van der Waals surface area contributed by atoms with Crippen molar-refractivity contribution in [2.24, 2.45) is 5.92 Å². The topological polar surface area (TPSA) is 88.9 Å². The summed E-state index contributed by atoms with van der Waals surface area (Å²) in [6.45, 7) is -0.0815. The number of aliphatic hydroxyl groups is 1. The van der Waals surface area contributed by atoms with Crippen LogP contribution in [0.5, 0.6) is 5.88 Å². The molecule has 0 bridgehead atoms. The minimum absolute atomic E-state index is 0.0815. The average molecular weight is 273 g/mol.